The molecule has 0 amide bonds. The quantitative estimate of drug-likeness (QED) is 0.376. The highest BCUT2D eigenvalue weighted by Gasteiger charge is 2.26. The highest BCUT2D eigenvalue weighted by Crippen LogP contribution is 2.25. The summed E-state index contributed by atoms with van der Waals surface area (Å²) in [5, 5.41) is 14.5. The normalized spacial score (nSPS) is 20.0. The van der Waals surface area contributed by atoms with Crippen molar-refractivity contribution in [1.29, 1.82) is 0 Å². The monoisotopic (exact) mass is 443 g/mol. The Balaban J connectivity index is 0.00000441. The number of aliphatic hydroxyl groups is 1. The molecule has 0 radical (unpaired) electrons. The molecule has 4 nitrogen and oxygen atoms in total. The van der Waals surface area contributed by atoms with Crippen LogP contribution >= 0.6 is 35.7 Å². The van der Waals surface area contributed by atoms with Crippen LogP contribution in [0.1, 0.15) is 47.5 Å². The van der Waals surface area contributed by atoms with Crippen molar-refractivity contribution in [3.8, 4) is 0 Å². The number of nitrogens with one attached hydrogen (secondary N) is 1. The van der Waals surface area contributed by atoms with Crippen LogP contribution in [-0.4, -0.2) is 58.7 Å². The first kappa shape index (κ1) is 22.3. The number of aliphatic imine (C=N–C) groups is 1. The Bertz CT molecular complexity index is 335. The molecule has 1 fully saturated rings. The molecule has 1 unspecified atom stereocenters. The number of rotatable bonds is 6. The summed E-state index contributed by atoms with van der Waals surface area (Å²) in [6.07, 6.45) is 1.49. The Kier molecular flexibility index (Phi) is 11.1. The highest BCUT2D eigenvalue weighted by molar-refractivity contribution is 14.0. The van der Waals surface area contributed by atoms with E-state index in [0.717, 1.165) is 44.2 Å². The summed E-state index contributed by atoms with van der Waals surface area (Å²) in [5.41, 5.74) is -0.664. The molecule has 2 N–H and O–H groups in total. The molecule has 1 heterocycles. The maximum atomic E-state index is 10.4. The van der Waals surface area contributed by atoms with E-state index >= 15 is 0 Å². The first-order valence-electron chi connectivity index (χ1n) is 8.33. The molecule has 132 valence electrons. The lowest BCUT2D eigenvalue weighted by Gasteiger charge is -2.36. The van der Waals surface area contributed by atoms with Gasteiger partial charge in [-0.05, 0) is 25.7 Å². The fourth-order valence-electron chi connectivity index (χ4n) is 2.39. The molecule has 1 atom stereocenters. The number of halogens is 1. The van der Waals surface area contributed by atoms with Gasteiger partial charge >= 0.3 is 0 Å². The second-order valence-corrected chi connectivity index (χ2v) is 7.55. The second kappa shape index (κ2) is 11.0. The Hall–Kier alpha value is 0.310. The van der Waals surface area contributed by atoms with E-state index in [1.165, 1.54) is 0 Å². The lowest BCUT2D eigenvalue weighted by Crippen LogP contribution is -2.49. The van der Waals surface area contributed by atoms with Gasteiger partial charge in [0.15, 0.2) is 5.96 Å². The van der Waals surface area contributed by atoms with Gasteiger partial charge in [-0.15, -0.1) is 24.0 Å². The third kappa shape index (κ3) is 6.83. The fraction of sp³-hybridized carbons (Fsp3) is 0.938. The first-order valence-corrected chi connectivity index (χ1v) is 9.37. The largest absolute Gasteiger partial charge is 0.388 e. The molecule has 0 spiro atoms. The van der Waals surface area contributed by atoms with Crippen LogP contribution in [0.4, 0.5) is 0 Å². The van der Waals surface area contributed by atoms with Crippen LogP contribution in [0.5, 0.6) is 0 Å². The predicted molar refractivity (Wildman–Crippen MR) is 110 cm³/mol. The van der Waals surface area contributed by atoms with Gasteiger partial charge in [0.25, 0.3) is 0 Å². The van der Waals surface area contributed by atoms with E-state index in [1.807, 2.05) is 13.8 Å². The van der Waals surface area contributed by atoms with E-state index < -0.39 is 5.60 Å². The molecule has 22 heavy (non-hydrogen) atoms. The van der Waals surface area contributed by atoms with E-state index in [-0.39, 0.29) is 24.0 Å². The van der Waals surface area contributed by atoms with E-state index in [0.29, 0.717) is 17.7 Å². The molecule has 1 rings (SSSR count). The van der Waals surface area contributed by atoms with Crippen LogP contribution in [0.25, 0.3) is 0 Å². The minimum absolute atomic E-state index is 0. The number of hydrogen-bond donors (Lipinski definition) is 2. The smallest absolute Gasteiger partial charge is 0.194 e. The first-order chi connectivity index (χ1) is 9.95. The van der Waals surface area contributed by atoms with E-state index in [4.69, 9.17) is 4.99 Å². The molecule has 0 aliphatic carbocycles. The van der Waals surface area contributed by atoms with Crippen molar-refractivity contribution in [2.45, 2.75) is 58.3 Å². The second-order valence-electron chi connectivity index (χ2n) is 6.20. The SMILES string of the molecule is CCNC(=NCC(O)(CC)CC)N1CCSC(C(C)C)C1.I. The standard InChI is InChI=1S/C16H33N3OS.HI/c1-6-16(20,7-2)12-18-15(17-8-3)19-9-10-21-14(11-19)13(4)5;/h13-14,20H,6-12H2,1-5H3,(H,17,18);1H. The Morgan fingerprint density at radius 3 is 2.50 bits per heavy atom. The van der Waals surface area contributed by atoms with Gasteiger partial charge in [0.05, 0.1) is 12.1 Å². The average molecular weight is 443 g/mol. The fourth-order valence-corrected chi connectivity index (χ4v) is 3.69. The van der Waals surface area contributed by atoms with Crippen LogP contribution < -0.4 is 5.32 Å². The molecule has 1 aliphatic heterocycles. The summed E-state index contributed by atoms with van der Waals surface area (Å²) in [4.78, 5) is 7.07. The van der Waals surface area contributed by atoms with Crippen molar-refractivity contribution >= 4 is 41.7 Å². The van der Waals surface area contributed by atoms with Crippen molar-refractivity contribution in [2.75, 3.05) is 31.9 Å². The van der Waals surface area contributed by atoms with Gasteiger partial charge < -0.3 is 15.3 Å². The average Bonchev–Trinajstić information content (AvgIpc) is 2.51. The maximum Gasteiger partial charge on any atom is 0.194 e. The minimum Gasteiger partial charge on any atom is -0.388 e. The summed E-state index contributed by atoms with van der Waals surface area (Å²) in [6.45, 7) is 14.2. The third-order valence-corrected chi connectivity index (χ3v) is 5.85. The summed E-state index contributed by atoms with van der Waals surface area (Å²) < 4.78 is 0. The highest BCUT2D eigenvalue weighted by atomic mass is 127. The minimum atomic E-state index is -0.664. The van der Waals surface area contributed by atoms with Gasteiger partial charge in [-0.1, -0.05) is 27.7 Å². The molecule has 0 saturated carbocycles. The van der Waals surface area contributed by atoms with Crippen molar-refractivity contribution in [3.63, 3.8) is 0 Å². The van der Waals surface area contributed by atoms with Gasteiger partial charge in [-0.25, -0.2) is 0 Å². The molecule has 0 aromatic rings. The molecule has 0 aromatic carbocycles. The van der Waals surface area contributed by atoms with Gasteiger partial charge in [0.2, 0.25) is 0 Å². The predicted octanol–water partition coefficient (Wildman–Crippen LogP) is 3.19. The zero-order valence-corrected chi connectivity index (χ0v) is 17.9. The number of thioether (sulfide) groups is 1. The number of hydrogen-bond acceptors (Lipinski definition) is 3. The van der Waals surface area contributed by atoms with E-state index in [9.17, 15) is 5.11 Å². The molecule has 1 aliphatic rings. The van der Waals surface area contributed by atoms with E-state index in [1.54, 1.807) is 0 Å². The number of nitrogens with zero attached hydrogens (tertiary/aromatic N) is 2. The van der Waals surface area contributed by atoms with E-state index in [2.05, 4.69) is 42.7 Å². The molecular weight excluding hydrogens is 409 g/mol. The molecule has 1 saturated heterocycles. The maximum absolute atomic E-state index is 10.4. The van der Waals surface area contributed by atoms with Crippen molar-refractivity contribution in [1.82, 2.24) is 10.2 Å². The van der Waals surface area contributed by atoms with Crippen molar-refractivity contribution in [3.05, 3.63) is 0 Å². The van der Waals surface area contributed by atoms with Crippen molar-refractivity contribution in [2.24, 2.45) is 10.9 Å². The topological polar surface area (TPSA) is 47.9 Å². The van der Waals surface area contributed by atoms with Crippen LogP contribution in [0.15, 0.2) is 4.99 Å². The van der Waals surface area contributed by atoms with Crippen LogP contribution in [0.3, 0.4) is 0 Å². The molecule has 0 aromatic heterocycles. The third-order valence-electron chi connectivity index (χ3n) is 4.31. The lowest BCUT2D eigenvalue weighted by atomic mass is 9.98. The Morgan fingerprint density at radius 1 is 1.36 bits per heavy atom. The molecule has 0 bridgehead atoms. The molecule has 6 heteroatoms. The van der Waals surface area contributed by atoms with Gasteiger partial charge in [0.1, 0.15) is 0 Å². The Morgan fingerprint density at radius 2 is 2.00 bits per heavy atom. The number of guanidine groups is 1. The van der Waals surface area contributed by atoms with Crippen LogP contribution in [-0.2, 0) is 0 Å². The van der Waals surface area contributed by atoms with Gasteiger partial charge in [0, 0.05) is 30.6 Å². The van der Waals surface area contributed by atoms with Gasteiger partial charge in [-0.2, -0.15) is 11.8 Å². The molecular formula is C16H34IN3OS. The van der Waals surface area contributed by atoms with Gasteiger partial charge in [-0.3, -0.25) is 4.99 Å². The van der Waals surface area contributed by atoms with Crippen LogP contribution in [0, 0.1) is 5.92 Å². The van der Waals surface area contributed by atoms with Crippen molar-refractivity contribution < 1.29 is 5.11 Å². The summed E-state index contributed by atoms with van der Waals surface area (Å²) in [6, 6.07) is 0. The zero-order chi connectivity index (χ0) is 15.9. The van der Waals surface area contributed by atoms with Crippen LogP contribution in [0.2, 0.25) is 0 Å². The zero-order valence-electron chi connectivity index (χ0n) is 14.8. The summed E-state index contributed by atoms with van der Waals surface area (Å²) >= 11 is 2.07. The summed E-state index contributed by atoms with van der Waals surface area (Å²) in [7, 11) is 0. The Labute approximate surface area is 157 Å². The lowest BCUT2D eigenvalue weighted by molar-refractivity contribution is 0.0415. The summed E-state index contributed by atoms with van der Waals surface area (Å²) in [5.74, 6) is 2.80.